The minimum Gasteiger partial charge on any atom is -0.493 e. The Morgan fingerprint density at radius 2 is 1.81 bits per heavy atom. The first kappa shape index (κ1) is 22.2. The van der Waals surface area contributed by atoms with Crippen LogP contribution in [0.3, 0.4) is 0 Å². The summed E-state index contributed by atoms with van der Waals surface area (Å²) in [6.07, 6.45) is 0. The number of amides is 2. The zero-order chi connectivity index (χ0) is 22.2. The molecule has 31 heavy (non-hydrogen) atoms. The molecule has 8 nitrogen and oxygen atoms in total. The lowest BCUT2D eigenvalue weighted by atomic mass is 10.3. The summed E-state index contributed by atoms with van der Waals surface area (Å²) in [5.41, 5.74) is 0.633. The van der Waals surface area contributed by atoms with Gasteiger partial charge in [-0.2, -0.15) is 0 Å². The fraction of sp³-hybridized carbons (Fsp3) is 0.227. The van der Waals surface area contributed by atoms with Crippen LogP contribution in [0.5, 0.6) is 17.2 Å². The summed E-state index contributed by atoms with van der Waals surface area (Å²) in [6, 6.07) is 16.0. The molecule has 1 atom stereocenters. The van der Waals surface area contributed by atoms with Gasteiger partial charge in [0, 0.05) is 11.8 Å². The van der Waals surface area contributed by atoms with Crippen LogP contribution in [0.1, 0.15) is 12.7 Å². The fourth-order valence-electron chi connectivity index (χ4n) is 2.56. The highest BCUT2D eigenvalue weighted by Crippen LogP contribution is 2.31. The number of anilines is 2. The number of benzene rings is 2. The number of hydrogen-bond donors (Lipinski definition) is 2. The van der Waals surface area contributed by atoms with Crippen LogP contribution in [0.4, 0.5) is 11.5 Å². The minimum atomic E-state index is -0.431. The lowest BCUT2D eigenvalue weighted by molar-refractivity contribution is -0.115. The molecule has 1 aromatic heterocycles. The molecule has 2 amide bonds. The summed E-state index contributed by atoms with van der Waals surface area (Å²) in [6.45, 7) is 3.46. The third-order valence-corrected chi connectivity index (χ3v) is 5.29. The Labute approximate surface area is 184 Å². The second-order valence-corrected chi connectivity index (χ2v) is 7.92. The van der Waals surface area contributed by atoms with Crippen LogP contribution in [-0.2, 0) is 9.59 Å². The number of ether oxygens (including phenoxy) is 2. The van der Waals surface area contributed by atoms with Gasteiger partial charge in [-0.05, 0) is 50.2 Å². The van der Waals surface area contributed by atoms with Crippen molar-refractivity contribution in [3.63, 3.8) is 0 Å². The quantitative estimate of drug-likeness (QED) is 0.504. The average molecular weight is 442 g/mol. The number of nitrogens with one attached hydrogen (secondary N) is 2. The maximum atomic E-state index is 12.2. The van der Waals surface area contributed by atoms with E-state index in [0.717, 1.165) is 0 Å². The fourth-order valence-corrected chi connectivity index (χ4v) is 3.25. The Bertz CT molecular complexity index is 1040. The predicted molar refractivity (Wildman–Crippen MR) is 120 cm³/mol. The molecule has 0 aliphatic carbocycles. The average Bonchev–Trinajstić information content (AvgIpc) is 3.18. The summed E-state index contributed by atoms with van der Waals surface area (Å²) < 4.78 is 16.0. The van der Waals surface area contributed by atoms with Gasteiger partial charge in [-0.1, -0.05) is 17.3 Å². The van der Waals surface area contributed by atoms with Crippen LogP contribution in [0, 0.1) is 6.92 Å². The number of para-hydroxylation sites is 2. The van der Waals surface area contributed by atoms with Crippen molar-refractivity contribution in [1.82, 2.24) is 5.16 Å². The number of aryl methyl sites for hydroxylation is 1. The third kappa shape index (κ3) is 6.51. The standard InChI is InChI=1S/C22H23N3O5S/c1-14-12-20(25-30-14)24-22(27)15(2)31-13-21(26)23-16-8-10-17(11-9-16)29-19-7-5-4-6-18(19)28-3/h4-12,15H,13H2,1-3H3,(H,23,26)(H,24,25,27). The summed E-state index contributed by atoms with van der Waals surface area (Å²) in [5, 5.41) is 8.74. The smallest absolute Gasteiger partial charge is 0.238 e. The van der Waals surface area contributed by atoms with E-state index in [0.29, 0.717) is 34.5 Å². The molecule has 0 saturated carbocycles. The third-order valence-electron chi connectivity index (χ3n) is 4.15. The molecule has 0 aliphatic heterocycles. The molecule has 162 valence electrons. The van der Waals surface area contributed by atoms with Crippen molar-refractivity contribution in [2.75, 3.05) is 23.5 Å². The van der Waals surface area contributed by atoms with E-state index in [4.69, 9.17) is 14.0 Å². The Morgan fingerprint density at radius 3 is 2.45 bits per heavy atom. The van der Waals surface area contributed by atoms with Crippen LogP contribution in [0.15, 0.2) is 59.1 Å². The van der Waals surface area contributed by atoms with Gasteiger partial charge in [-0.25, -0.2) is 0 Å². The first-order valence-electron chi connectivity index (χ1n) is 9.51. The number of thioether (sulfide) groups is 1. The molecule has 2 N–H and O–H groups in total. The number of rotatable bonds is 9. The number of carbonyl (C=O) groups excluding carboxylic acids is 2. The molecule has 9 heteroatoms. The Morgan fingerprint density at radius 1 is 1.10 bits per heavy atom. The first-order valence-corrected chi connectivity index (χ1v) is 10.6. The maximum Gasteiger partial charge on any atom is 0.238 e. The van der Waals surface area contributed by atoms with Crippen molar-refractivity contribution in [3.05, 3.63) is 60.4 Å². The van der Waals surface area contributed by atoms with Crippen LogP contribution in [0.25, 0.3) is 0 Å². The van der Waals surface area contributed by atoms with Crippen LogP contribution in [0.2, 0.25) is 0 Å². The molecule has 0 bridgehead atoms. The van der Waals surface area contributed by atoms with Crippen molar-refractivity contribution in [2.24, 2.45) is 0 Å². The lowest BCUT2D eigenvalue weighted by Gasteiger charge is -2.12. The molecule has 0 spiro atoms. The Balaban J connectivity index is 1.46. The number of carbonyl (C=O) groups is 2. The maximum absolute atomic E-state index is 12.2. The SMILES string of the molecule is COc1ccccc1Oc1ccc(NC(=O)CSC(C)C(=O)Nc2cc(C)on2)cc1. The summed E-state index contributed by atoms with van der Waals surface area (Å²) in [4.78, 5) is 24.4. The molecule has 2 aromatic carbocycles. The lowest BCUT2D eigenvalue weighted by Crippen LogP contribution is -2.25. The number of methoxy groups -OCH3 is 1. The van der Waals surface area contributed by atoms with Gasteiger partial charge in [0.1, 0.15) is 11.5 Å². The van der Waals surface area contributed by atoms with E-state index < -0.39 is 5.25 Å². The molecular formula is C22H23N3O5S. The number of aromatic nitrogens is 1. The van der Waals surface area contributed by atoms with Gasteiger partial charge in [0.15, 0.2) is 17.3 Å². The molecule has 0 fully saturated rings. The van der Waals surface area contributed by atoms with Gasteiger partial charge >= 0.3 is 0 Å². The van der Waals surface area contributed by atoms with Gasteiger partial charge in [0.2, 0.25) is 11.8 Å². The Kier molecular flexibility index (Phi) is 7.55. The monoisotopic (exact) mass is 441 g/mol. The zero-order valence-corrected chi connectivity index (χ0v) is 18.2. The second-order valence-electron chi connectivity index (χ2n) is 6.59. The van der Waals surface area contributed by atoms with E-state index in [1.807, 2.05) is 24.3 Å². The largest absolute Gasteiger partial charge is 0.493 e. The summed E-state index contributed by atoms with van der Waals surface area (Å²) in [7, 11) is 1.58. The van der Waals surface area contributed by atoms with E-state index in [1.54, 1.807) is 51.3 Å². The summed E-state index contributed by atoms with van der Waals surface area (Å²) >= 11 is 1.23. The number of nitrogens with zero attached hydrogens (tertiary/aromatic N) is 1. The number of hydrogen-bond acceptors (Lipinski definition) is 7. The van der Waals surface area contributed by atoms with Gasteiger partial charge < -0.3 is 24.6 Å². The molecule has 1 heterocycles. The molecule has 0 saturated heterocycles. The summed E-state index contributed by atoms with van der Waals surface area (Å²) in [5.74, 6) is 2.49. The highest BCUT2D eigenvalue weighted by atomic mass is 32.2. The van der Waals surface area contributed by atoms with Gasteiger partial charge in [-0.3, -0.25) is 9.59 Å². The van der Waals surface area contributed by atoms with Crippen molar-refractivity contribution >= 4 is 35.1 Å². The molecule has 1 unspecified atom stereocenters. The first-order chi connectivity index (χ1) is 14.9. The van der Waals surface area contributed by atoms with E-state index >= 15 is 0 Å². The molecular weight excluding hydrogens is 418 g/mol. The van der Waals surface area contributed by atoms with E-state index in [-0.39, 0.29) is 17.6 Å². The van der Waals surface area contributed by atoms with E-state index in [9.17, 15) is 9.59 Å². The van der Waals surface area contributed by atoms with E-state index in [2.05, 4.69) is 15.8 Å². The second kappa shape index (κ2) is 10.5. The molecule has 0 radical (unpaired) electrons. The predicted octanol–water partition coefficient (Wildman–Crippen LogP) is 4.48. The normalized spacial score (nSPS) is 11.5. The van der Waals surface area contributed by atoms with Crippen LogP contribution < -0.4 is 20.1 Å². The van der Waals surface area contributed by atoms with Crippen molar-refractivity contribution in [1.29, 1.82) is 0 Å². The van der Waals surface area contributed by atoms with Crippen LogP contribution >= 0.6 is 11.8 Å². The van der Waals surface area contributed by atoms with Crippen LogP contribution in [-0.4, -0.2) is 35.1 Å². The zero-order valence-electron chi connectivity index (χ0n) is 17.4. The minimum absolute atomic E-state index is 0.131. The molecule has 3 rings (SSSR count). The van der Waals surface area contributed by atoms with E-state index in [1.165, 1.54) is 11.8 Å². The van der Waals surface area contributed by atoms with Gasteiger partial charge in [0.05, 0.1) is 18.1 Å². The van der Waals surface area contributed by atoms with Crippen molar-refractivity contribution in [3.8, 4) is 17.2 Å². The Hall–Kier alpha value is -3.46. The highest BCUT2D eigenvalue weighted by Gasteiger charge is 2.17. The molecule has 0 aliphatic rings. The van der Waals surface area contributed by atoms with Gasteiger partial charge in [0.25, 0.3) is 0 Å². The van der Waals surface area contributed by atoms with Gasteiger partial charge in [-0.15, -0.1) is 11.8 Å². The van der Waals surface area contributed by atoms with Crippen molar-refractivity contribution < 1.29 is 23.6 Å². The van der Waals surface area contributed by atoms with Crippen molar-refractivity contribution in [2.45, 2.75) is 19.1 Å². The molecule has 3 aromatic rings. The topological polar surface area (TPSA) is 103 Å². The highest BCUT2D eigenvalue weighted by molar-refractivity contribution is 8.01.